The zero-order valence-electron chi connectivity index (χ0n) is 35.0. The first-order valence-electron chi connectivity index (χ1n) is 21.1. The fourth-order valence-electron chi connectivity index (χ4n) is 10.7. The van der Waals surface area contributed by atoms with Crippen molar-refractivity contribution in [3.8, 4) is 11.8 Å². The van der Waals surface area contributed by atoms with Crippen molar-refractivity contribution in [1.82, 2.24) is 19.8 Å². The first-order chi connectivity index (χ1) is 28.1. The molecule has 2 saturated heterocycles. The highest BCUT2D eigenvalue weighted by Crippen LogP contribution is 2.61. The fourth-order valence-corrected chi connectivity index (χ4v) is 10.7. The summed E-state index contributed by atoms with van der Waals surface area (Å²) in [6.45, 7) is 20.7. The number of imide groups is 1. The van der Waals surface area contributed by atoms with Crippen LogP contribution in [0.15, 0.2) is 60.9 Å². The summed E-state index contributed by atoms with van der Waals surface area (Å²) >= 11 is 0. The summed E-state index contributed by atoms with van der Waals surface area (Å²) in [5.41, 5.74) is 4.15. The van der Waals surface area contributed by atoms with Crippen molar-refractivity contribution in [2.45, 2.75) is 85.3 Å². The molecule has 1 aromatic heterocycles. The number of aromatic nitrogens is 2. The van der Waals surface area contributed by atoms with Crippen molar-refractivity contribution >= 4 is 35.0 Å². The molecule has 5 aliphatic rings. The van der Waals surface area contributed by atoms with Gasteiger partial charge >= 0.3 is 0 Å². The van der Waals surface area contributed by atoms with E-state index in [2.05, 4.69) is 65.0 Å². The Kier molecular flexibility index (Phi) is 10.7. The number of carbonyl (C=O) groups is 4. The molecule has 0 bridgehead atoms. The number of Topliss-reactive ketones (excluding diaryl/α,β-unsaturated/α-hetero) is 2. The molecular weight excluding hydrogens is 743 g/mol. The minimum Gasteiger partial charge on any atom is -0.489 e. The zero-order valence-corrected chi connectivity index (χ0v) is 35.0. The van der Waals surface area contributed by atoms with Gasteiger partial charge in [0.2, 0.25) is 5.95 Å². The number of ketones is 2. The Morgan fingerprint density at radius 3 is 2.20 bits per heavy atom. The number of rotatable bonds is 10. The normalized spacial score (nSPS) is 24.5. The van der Waals surface area contributed by atoms with E-state index in [1.54, 1.807) is 24.5 Å². The van der Waals surface area contributed by atoms with E-state index in [1.165, 1.54) is 4.90 Å². The van der Waals surface area contributed by atoms with Gasteiger partial charge in [0, 0.05) is 87.6 Å². The molecule has 0 radical (unpaired) electrons. The van der Waals surface area contributed by atoms with Gasteiger partial charge in [-0.05, 0) is 86.4 Å². The van der Waals surface area contributed by atoms with E-state index in [0.29, 0.717) is 53.4 Å². The SMILES string of the molecule is C=C1CCC(N2C(=O)c3ccc(N4CCN(CC5CCN(c6ncc(C(=O)CC7C(C)(C)C(Oc8ccc(C#N)c(C)c8)C7(C)C)cn6)CC5)CC4)cc3C2=O)C(=O)C1. The molecule has 4 heterocycles. The average molecular weight is 798 g/mol. The number of nitrogens with zero attached hydrogens (tertiary/aromatic N) is 7. The van der Waals surface area contributed by atoms with E-state index >= 15 is 0 Å². The Bertz CT molecular complexity index is 2210. The average Bonchev–Trinajstić information content (AvgIpc) is 3.47. The third kappa shape index (κ3) is 7.54. The van der Waals surface area contributed by atoms with Crippen LogP contribution in [0.1, 0.15) is 108 Å². The molecule has 8 rings (SSSR count). The van der Waals surface area contributed by atoms with Crippen LogP contribution < -0.4 is 14.5 Å². The van der Waals surface area contributed by atoms with Crippen molar-refractivity contribution in [3.63, 3.8) is 0 Å². The van der Waals surface area contributed by atoms with Crippen LogP contribution in [0, 0.1) is 40.9 Å². The van der Waals surface area contributed by atoms with Gasteiger partial charge in [-0.2, -0.15) is 5.26 Å². The largest absolute Gasteiger partial charge is 0.489 e. The van der Waals surface area contributed by atoms with Gasteiger partial charge in [0.25, 0.3) is 11.8 Å². The molecule has 3 aromatic rings. The molecule has 12 nitrogen and oxygen atoms in total. The molecular formula is C47H55N7O5. The molecule has 0 N–H and O–H groups in total. The molecule has 2 aromatic carbocycles. The highest BCUT2D eigenvalue weighted by Gasteiger charge is 2.63. The van der Waals surface area contributed by atoms with Crippen LogP contribution in [0.3, 0.4) is 0 Å². The first-order valence-corrected chi connectivity index (χ1v) is 21.1. The zero-order chi connectivity index (χ0) is 41.8. The molecule has 12 heteroatoms. The van der Waals surface area contributed by atoms with Crippen LogP contribution in [-0.4, -0.2) is 101 Å². The molecule has 2 amide bonds. The topological polar surface area (TPSA) is 140 Å². The summed E-state index contributed by atoms with van der Waals surface area (Å²) in [7, 11) is 0. The lowest BCUT2D eigenvalue weighted by Gasteiger charge is -2.63. The molecule has 2 aliphatic carbocycles. The number of hydrogen-bond acceptors (Lipinski definition) is 11. The van der Waals surface area contributed by atoms with Crippen LogP contribution in [0.2, 0.25) is 0 Å². The van der Waals surface area contributed by atoms with E-state index < -0.39 is 6.04 Å². The lowest BCUT2D eigenvalue weighted by Crippen LogP contribution is -2.66. The number of carbonyl (C=O) groups excluding carboxylic acids is 4. The number of piperidine rings is 1. The second kappa shape index (κ2) is 15.6. The van der Waals surface area contributed by atoms with E-state index in [-0.39, 0.29) is 52.7 Å². The van der Waals surface area contributed by atoms with Crippen molar-refractivity contribution in [3.05, 3.63) is 88.8 Å². The number of ether oxygens (including phenoxy) is 1. The van der Waals surface area contributed by atoms with Crippen LogP contribution in [-0.2, 0) is 4.79 Å². The predicted molar refractivity (Wildman–Crippen MR) is 225 cm³/mol. The van der Waals surface area contributed by atoms with E-state index in [0.717, 1.165) is 81.2 Å². The van der Waals surface area contributed by atoms with Gasteiger partial charge in [-0.1, -0.05) is 39.8 Å². The number of fused-ring (bicyclic) bond motifs is 1. The summed E-state index contributed by atoms with van der Waals surface area (Å²) < 4.78 is 6.49. The predicted octanol–water partition coefficient (Wildman–Crippen LogP) is 6.67. The molecule has 0 spiro atoms. The Hall–Kier alpha value is -5.41. The fraction of sp³-hybridized carbons (Fsp3) is 0.511. The van der Waals surface area contributed by atoms with Gasteiger partial charge in [0.1, 0.15) is 11.9 Å². The van der Waals surface area contributed by atoms with Gasteiger partial charge in [0.15, 0.2) is 11.6 Å². The Morgan fingerprint density at radius 2 is 1.56 bits per heavy atom. The van der Waals surface area contributed by atoms with Crippen molar-refractivity contribution in [1.29, 1.82) is 5.26 Å². The van der Waals surface area contributed by atoms with Gasteiger partial charge in [-0.15, -0.1) is 0 Å². The van der Waals surface area contributed by atoms with Crippen molar-refractivity contribution in [2.24, 2.45) is 22.7 Å². The number of nitriles is 1. The second-order valence-corrected chi connectivity index (χ2v) is 18.6. The first kappa shape index (κ1) is 40.4. The molecule has 1 unspecified atom stereocenters. The highest BCUT2D eigenvalue weighted by atomic mass is 16.5. The number of benzene rings is 2. The maximum absolute atomic E-state index is 13.6. The number of piperazine rings is 1. The van der Waals surface area contributed by atoms with E-state index in [1.807, 2.05) is 31.2 Å². The van der Waals surface area contributed by atoms with E-state index in [9.17, 15) is 24.4 Å². The number of hydrogen-bond donors (Lipinski definition) is 0. The quantitative estimate of drug-likeness (QED) is 0.123. The number of aryl methyl sites for hydroxylation is 1. The van der Waals surface area contributed by atoms with Crippen LogP contribution in [0.5, 0.6) is 5.75 Å². The summed E-state index contributed by atoms with van der Waals surface area (Å²) in [6.07, 6.45) is 7.06. The number of allylic oxidation sites excluding steroid dienone is 1. The van der Waals surface area contributed by atoms with Gasteiger partial charge in [-0.3, -0.25) is 29.0 Å². The lowest BCUT2D eigenvalue weighted by molar-refractivity contribution is -0.196. The standard InChI is InChI=1S/C47H55N7O5/c1-29-7-12-38(40(56)21-29)54-42(57)36-11-9-34(23-37(36)43(54)58)52-19-17-51(18-20-52)28-31-13-15-53(16-14-31)45-49-26-33(27-50-45)39(55)24-41-46(3,4)44(47(41,5)6)59-35-10-8-32(25-48)30(2)22-35/h8-11,22-23,26-27,31,38,41,44H,1,7,12-21,24,28H2,2-6H3. The summed E-state index contributed by atoms with van der Waals surface area (Å²) in [6, 6.07) is 12.6. The van der Waals surface area contributed by atoms with Gasteiger partial charge in [0.05, 0.1) is 34.4 Å². The molecule has 308 valence electrons. The number of amides is 2. The highest BCUT2D eigenvalue weighted by molar-refractivity contribution is 6.23. The third-order valence-electron chi connectivity index (χ3n) is 14.0. The van der Waals surface area contributed by atoms with Crippen LogP contribution in [0.25, 0.3) is 0 Å². The maximum atomic E-state index is 13.6. The van der Waals surface area contributed by atoms with Crippen molar-refractivity contribution < 1.29 is 23.9 Å². The molecule has 2 saturated carbocycles. The minimum atomic E-state index is -0.706. The summed E-state index contributed by atoms with van der Waals surface area (Å²) in [5.74, 6) is 1.27. The molecule has 4 fully saturated rings. The summed E-state index contributed by atoms with van der Waals surface area (Å²) in [5, 5.41) is 9.31. The maximum Gasteiger partial charge on any atom is 0.262 e. The van der Waals surface area contributed by atoms with Crippen LogP contribution in [0.4, 0.5) is 11.6 Å². The monoisotopic (exact) mass is 797 g/mol. The molecule has 59 heavy (non-hydrogen) atoms. The lowest BCUT2D eigenvalue weighted by atomic mass is 9.44. The van der Waals surface area contributed by atoms with Gasteiger partial charge in [-0.25, -0.2) is 9.97 Å². The number of anilines is 2. The molecule has 3 aliphatic heterocycles. The van der Waals surface area contributed by atoms with E-state index in [4.69, 9.17) is 4.74 Å². The smallest absolute Gasteiger partial charge is 0.262 e. The summed E-state index contributed by atoms with van der Waals surface area (Å²) in [4.78, 5) is 70.4. The third-order valence-corrected chi connectivity index (χ3v) is 14.0. The minimum absolute atomic E-state index is 0.0418. The Labute approximate surface area is 347 Å². The van der Waals surface area contributed by atoms with Gasteiger partial charge < -0.3 is 14.5 Å². The Morgan fingerprint density at radius 1 is 0.881 bits per heavy atom. The Balaban J connectivity index is 0.789. The van der Waals surface area contributed by atoms with Crippen molar-refractivity contribution in [2.75, 3.05) is 55.6 Å². The second-order valence-electron chi connectivity index (χ2n) is 18.6. The molecule has 1 atom stereocenters. The van der Waals surface area contributed by atoms with Crippen LogP contribution >= 0.6 is 0 Å².